The van der Waals surface area contributed by atoms with Gasteiger partial charge in [0.25, 0.3) is 11.5 Å². The van der Waals surface area contributed by atoms with Crippen molar-refractivity contribution < 1.29 is 14.3 Å². The number of rotatable bonds is 6. The summed E-state index contributed by atoms with van der Waals surface area (Å²) in [7, 11) is 0. The van der Waals surface area contributed by atoms with Crippen LogP contribution in [-0.4, -0.2) is 50.5 Å². The summed E-state index contributed by atoms with van der Waals surface area (Å²) in [5.74, 6) is -0.781. The van der Waals surface area contributed by atoms with E-state index in [2.05, 4.69) is 10.3 Å². The Kier molecular flexibility index (Phi) is 6.94. The Hall–Kier alpha value is -2.77. The summed E-state index contributed by atoms with van der Waals surface area (Å²) in [6.07, 6.45) is 11.1. The van der Waals surface area contributed by atoms with E-state index in [0.717, 1.165) is 56.0 Å². The van der Waals surface area contributed by atoms with Crippen molar-refractivity contribution in [2.75, 3.05) is 6.61 Å². The van der Waals surface area contributed by atoms with Crippen molar-refractivity contribution in [3.05, 3.63) is 34.6 Å². The smallest absolute Gasteiger partial charge is 0.328 e. The summed E-state index contributed by atoms with van der Waals surface area (Å²) in [4.78, 5) is 40.0. The minimum absolute atomic E-state index is 0.121. The largest absolute Gasteiger partial charge is 0.454 e. The van der Waals surface area contributed by atoms with Crippen LogP contribution < -0.4 is 5.56 Å². The molecule has 8 nitrogen and oxygen atoms in total. The summed E-state index contributed by atoms with van der Waals surface area (Å²) in [6.45, 7) is -0.654. The molecule has 0 saturated heterocycles. The van der Waals surface area contributed by atoms with Gasteiger partial charge in [-0.05, 0) is 37.8 Å². The number of amides is 1. The van der Waals surface area contributed by atoms with Gasteiger partial charge in [0.15, 0.2) is 6.61 Å². The van der Waals surface area contributed by atoms with Crippen LogP contribution in [0.3, 0.4) is 0 Å². The predicted octanol–water partition coefficient (Wildman–Crippen LogP) is 2.83. The van der Waals surface area contributed by atoms with Gasteiger partial charge in [-0.3, -0.25) is 14.4 Å². The van der Waals surface area contributed by atoms with E-state index < -0.39 is 11.5 Å². The molecule has 4 rings (SSSR count). The highest BCUT2D eigenvalue weighted by atomic mass is 16.5. The Morgan fingerprint density at radius 1 is 0.968 bits per heavy atom. The molecule has 0 radical (unpaired) electrons. The van der Waals surface area contributed by atoms with E-state index in [1.807, 2.05) is 4.90 Å². The molecule has 31 heavy (non-hydrogen) atoms. The molecule has 0 unspecified atom stereocenters. The van der Waals surface area contributed by atoms with Crippen molar-refractivity contribution in [1.82, 2.24) is 19.9 Å². The monoisotopic (exact) mass is 426 g/mol. The molecule has 0 bridgehead atoms. The molecule has 0 aliphatic heterocycles. The van der Waals surface area contributed by atoms with E-state index in [-0.39, 0.29) is 31.1 Å². The van der Waals surface area contributed by atoms with Crippen molar-refractivity contribution in [3.8, 4) is 0 Å². The highest BCUT2D eigenvalue weighted by Gasteiger charge is 2.32. The molecule has 0 spiro atoms. The summed E-state index contributed by atoms with van der Waals surface area (Å²) in [5.41, 5.74) is 0.0721. The van der Waals surface area contributed by atoms with Crippen LogP contribution in [0.2, 0.25) is 0 Å². The zero-order chi connectivity index (χ0) is 21.6. The van der Waals surface area contributed by atoms with Crippen LogP contribution in [0.25, 0.3) is 10.9 Å². The second-order valence-corrected chi connectivity index (χ2v) is 8.61. The van der Waals surface area contributed by atoms with Crippen molar-refractivity contribution in [1.29, 1.82) is 0 Å². The molecule has 166 valence electrons. The molecule has 1 heterocycles. The van der Waals surface area contributed by atoms with E-state index in [4.69, 9.17) is 4.74 Å². The summed E-state index contributed by atoms with van der Waals surface area (Å²) in [6, 6.07) is 7.33. The number of carbonyl (C=O) groups excluding carboxylic acids is 2. The SMILES string of the molecule is O=C(Cn1nnc2ccccc2c1=O)OCC(=O)N(C1CCCCC1)C1CCCCC1. The van der Waals surface area contributed by atoms with E-state index in [0.29, 0.717) is 10.9 Å². The molecule has 0 atom stereocenters. The van der Waals surface area contributed by atoms with Crippen LogP contribution >= 0.6 is 0 Å². The van der Waals surface area contributed by atoms with Crippen LogP contribution in [0.15, 0.2) is 29.1 Å². The summed E-state index contributed by atoms with van der Waals surface area (Å²) in [5, 5.41) is 8.18. The van der Waals surface area contributed by atoms with E-state index in [1.54, 1.807) is 24.3 Å². The third-order valence-electron chi connectivity index (χ3n) is 6.49. The second kappa shape index (κ2) is 10.0. The Morgan fingerprint density at radius 3 is 2.23 bits per heavy atom. The lowest BCUT2D eigenvalue weighted by atomic mass is 9.88. The fourth-order valence-electron chi connectivity index (χ4n) is 4.94. The number of fused-ring (bicyclic) bond motifs is 1. The van der Waals surface area contributed by atoms with Gasteiger partial charge in [-0.2, -0.15) is 4.68 Å². The standard InChI is InChI=1S/C23H30N4O4/c28-21(27(17-9-3-1-4-10-17)18-11-5-2-6-12-18)16-31-22(29)15-26-23(30)19-13-7-8-14-20(19)24-25-26/h7-8,13-14,17-18H,1-6,9-12,15-16H2. The molecule has 2 saturated carbocycles. The highest BCUT2D eigenvalue weighted by Crippen LogP contribution is 2.30. The number of esters is 1. The first-order chi connectivity index (χ1) is 15.1. The zero-order valence-corrected chi connectivity index (χ0v) is 17.9. The molecule has 1 aromatic heterocycles. The number of benzene rings is 1. The summed E-state index contributed by atoms with van der Waals surface area (Å²) >= 11 is 0. The van der Waals surface area contributed by atoms with Crippen LogP contribution in [0.5, 0.6) is 0 Å². The first kappa shape index (κ1) is 21.5. The van der Waals surface area contributed by atoms with E-state index in [9.17, 15) is 14.4 Å². The van der Waals surface area contributed by atoms with Crippen LogP contribution in [-0.2, 0) is 20.9 Å². The van der Waals surface area contributed by atoms with Gasteiger partial charge < -0.3 is 9.64 Å². The molecule has 2 aliphatic rings. The van der Waals surface area contributed by atoms with Gasteiger partial charge in [0.1, 0.15) is 12.1 Å². The van der Waals surface area contributed by atoms with Crippen molar-refractivity contribution in [3.63, 3.8) is 0 Å². The second-order valence-electron chi connectivity index (χ2n) is 8.61. The van der Waals surface area contributed by atoms with Gasteiger partial charge in [0.2, 0.25) is 0 Å². The normalized spacial score (nSPS) is 18.1. The molecule has 2 aliphatic carbocycles. The number of hydrogen-bond donors (Lipinski definition) is 0. The number of carbonyl (C=O) groups is 2. The Bertz CT molecular complexity index is 959. The topological polar surface area (TPSA) is 94.4 Å². The lowest BCUT2D eigenvalue weighted by Gasteiger charge is -2.41. The first-order valence-electron chi connectivity index (χ1n) is 11.4. The molecule has 2 fully saturated rings. The van der Waals surface area contributed by atoms with Gasteiger partial charge in [0, 0.05) is 12.1 Å². The Labute approximate surface area is 181 Å². The van der Waals surface area contributed by atoms with Crippen molar-refractivity contribution in [2.45, 2.75) is 82.8 Å². The predicted molar refractivity (Wildman–Crippen MR) is 115 cm³/mol. The Balaban J connectivity index is 1.39. The van der Waals surface area contributed by atoms with Crippen LogP contribution in [0, 0.1) is 0 Å². The maximum Gasteiger partial charge on any atom is 0.328 e. The zero-order valence-electron chi connectivity index (χ0n) is 17.9. The molecule has 2 aromatic rings. The van der Waals surface area contributed by atoms with Gasteiger partial charge in [0.05, 0.1) is 5.39 Å². The minimum atomic E-state index is -0.660. The molecular formula is C23H30N4O4. The van der Waals surface area contributed by atoms with Gasteiger partial charge in [-0.25, -0.2) is 0 Å². The average Bonchev–Trinajstić information content (AvgIpc) is 2.81. The molecule has 1 aromatic carbocycles. The number of hydrogen-bond acceptors (Lipinski definition) is 6. The molecule has 0 N–H and O–H groups in total. The van der Waals surface area contributed by atoms with Crippen molar-refractivity contribution in [2.24, 2.45) is 0 Å². The quantitative estimate of drug-likeness (QED) is 0.659. The van der Waals surface area contributed by atoms with E-state index >= 15 is 0 Å². The van der Waals surface area contributed by atoms with Gasteiger partial charge in [-0.15, -0.1) is 5.10 Å². The van der Waals surface area contributed by atoms with Crippen LogP contribution in [0.1, 0.15) is 64.2 Å². The summed E-state index contributed by atoms with van der Waals surface area (Å²) < 4.78 is 6.26. The average molecular weight is 427 g/mol. The molecule has 8 heteroatoms. The highest BCUT2D eigenvalue weighted by molar-refractivity contribution is 5.81. The fourth-order valence-corrected chi connectivity index (χ4v) is 4.94. The lowest BCUT2D eigenvalue weighted by Crippen LogP contribution is -2.50. The molecule has 1 amide bonds. The van der Waals surface area contributed by atoms with E-state index in [1.165, 1.54) is 12.8 Å². The maximum atomic E-state index is 13.1. The fraction of sp³-hybridized carbons (Fsp3) is 0.609. The maximum absolute atomic E-state index is 13.1. The Morgan fingerprint density at radius 2 is 1.58 bits per heavy atom. The lowest BCUT2D eigenvalue weighted by molar-refractivity contribution is -0.155. The van der Waals surface area contributed by atoms with Crippen molar-refractivity contribution >= 4 is 22.8 Å². The third kappa shape index (κ3) is 5.11. The first-order valence-corrected chi connectivity index (χ1v) is 11.4. The van der Waals surface area contributed by atoms with Crippen LogP contribution in [0.4, 0.5) is 0 Å². The van der Waals surface area contributed by atoms with Gasteiger partial charge >= 0.3 is 5.97 Å². The molecular weight excluding hydrogens is 396 g/mol. The minimum Gasteiger partial charge on any atom is -0.454 e. The van der Waals surface area contributed by atoms with Gasteiger partial charge in [-0.1, -0.05) is 55.9 Å². The third-order valence-corrected chi connectivity index (χ3v) is 6.49. The number of ether oxygens (including phenoxy) is 1. The number of nitrogens with zero attached hydrogens (tertiary/aromatic N) is 4. The number of aromatic nitrogens is 3.